The first-order chi connectivity index (χ1) is 18.7. The van der Waals surface area contributed by atoms with Crippen molar-refractivity contribution in [3.05, 3.63) is 23.0 Å². The summed E-state index contributed by atoms with van der Waals surface area (Å²) in [6, 6.07) is -3.00. The summed E-state index contributed by atoms with van der Waals surface area (Å²) in [5.74, 6) is -4.39. The molecule has 2 fully saturated rings. The zero-order chi connectivity index (χ0) is 29.5. The average Bonchev–Trinajstić information content (AvgIpc) is 3.33. The number of oxime groups is 1. The quantitative estimate of drug-likeness (QED) is 0.0634. The Morgan fingerprint density at radius 3 is 2.55 bits per heavy atom. The molecule has 2 aliphatic rings. The number of nitrogen functional groups attached to an aromatic ring is 1. The molecule has 2 atom stereocenters. The van der Waals surface area contributed by atoms with E-state index in [4.69, 9.17) is 16.3 Å². The van der Waals surface area contributed by atoms with Crippen molar-refractivity contribution in [3.63, 3.8) is 0 Å². The summed E-state index contributed by atoms with van der Waals surface area (Å²) in [5, 5.41) is 24.4. The van der Waals surface area contributed by atoms with Crippen molar-refractivity contribution < 1.29 is 45.7 Å². The molecule has 0 aromatic carbocycles. The van der Waals surface area contributed by atoms with E-state index >= 15 is 0 Å². The molecule has 40 heavy (non-hydrogen) atoms. The van der Waals surface area contributed by atoms with Crippen LogP contribution in [0.25, 0.3) is 0 Å². The van der Waals surface area contributed by atoms with Crippen LogP contribution in [0.1, 0.15) is 24.2 Å². The number of β-lactam (4-membered cyclic amide) rings is 1. The Kier molecular flexibility index (Phi) is 7.81. The second kappa shape index (κ2) is 10.7. The Balaban J connectivity index is 1.56. The molecule has 1 saturated heterocycles. The first-order valence-corrected chi connectivity index (χ1v) is 15.4. The van der Waals surface area contributed by atoms with Gasteiger partial charge in [0.05, 0.1) is 29.9 Å². The number of carboxylic acid groups (broad SMARTS) is 1. The zero-order valence-corrected chi connectivity index (χ0v) is 22.7. The zero-order valence-electron chi connectivity index (χ0n) is 20.3. The molecule has 0 bridgehead atoms. The van der Waals surface area contributed by atoms with Gasteiger partial charge >= 0.3 is 16.3 Å². The van der Waals surface area contributed by atoms with Gasteiger partial charge in [-0.1, -0.05) is 5.16 Å². The molecule has 1 saturated carbocycles. The van der Waals surface area contributed by atoms with Crippen LogP contribution >= 0.6 is 11.3 Å². The van der Waals surface area contributed by atoms with Crippen molar-refractivity contribution in [2.45, 2.75) is 42.8 Å². The molecule has 0 radical (unpaired) electrons. The molecule has 1 unspecified atom stereocenters. The number of nitrogens with one attached hydrogen (secondary N) is 1. The number of hydrogen-bond donors (Lipinski definition) is 5. The highest BCUT2D eigenvalue weighted by atomic mass is 32.2. The van der Waals surface area contributed by atoms with Crippen LogP contribution in [-0.2, 0) is 51.7 Å². The van der Waals surface area contributed by atoms with Gasteiger partial charge in [-0.2, -0.15) is 23.4 Å². The second-order valence-corrected chi connectivity index (χ2v) is 13.2. The Bertz CT molecular complexity index is 1580. The van der Waals surface area contributed by atoms with E-state index < -0.39 is 73.6 Å². The second-order valence-electron chi connectivity index (χ2n) is 8.80. The number of aliphatic carboxylic acids is 1. The highest BCUT2D eigenvalue weighted by Gasteiger charge is 2.56. The van der Waals surface area contributed by atoms with Gasteiger partial charge < -0.3 is 26.7 Å². The first-order valence-electron chi connectivity index (χ1n) is 11.3. The number of aromatic nitrogens is 4. The topological polar surface area (TPSA) is 292 Å². The summed E-state index contributed by atoms with van der Waals surface area (Å²) < 4.78 is 57.3. The number of thiazole rings is 1. The number of nitrogens with two attached hydrogens (primary N) is 2. The van der Waals surface area contributed by atoms with Crippen LogP contribution < -0.4 is 16.8 Å². The maximum absolute atomic E-state index is 13.1. The van der Waals surface area contributed by atoms with Gasteiger partial charge in [-0.3, -0.25) is 14.1 Å². The van der Waals surface area contributed by atoms with Crippen molar-refractivity contribution in [2.75, 3.05) is 18.0 Å². The fourth-order valence-electron chi connectivity index (χ4n) is 3.67. The van der Waals surface area contributed by atoms with Gasteiger partial charge in [0, 0.05) is 24.8 Å². The van der Waals surface area contributed by atoms with Crippen LogP contribution in [0, 0.1) is 0 Å². The molecule has 3 heterocycles. The predicted molar refractivity (Wildman–Crippen MR) is 134 cm³/mol. The standard InChI is InChI=1S/C18H23N9O10S3/c19-3-4-39(32,33)8-9-5-21-26(24-9)6-11-13(15(29)27(11)40(34,35)36)23-14(28)12(10-7-38-17(20)22-10)25-37-18(1-2-18)16(30)31/h5,7,11,13H,1-4,6,8,19H2,(H2,20,22)(H,23,28)(H,30,31)(H,34,35,36)/b25-12-/t11?,13-/m0/s1. The monoisotopic (exact) mass is 621 g/mol. The summed E-state index contributed by atoms with van der Waals surface area (Å²) in [6.45, 7) is -0.589. The van der Waals surface area contributed by atoms with Crippen LogP contribution in [0.5, 0.6) is 0 Å². The molecule has 4 rings (SSSR count). The smallest absolute Gasteiger partial charge is 0.362 e. The molecule has 0 spiro atoms. The van der Waals surface area contributed by atoms with Gasteiger partial charge in [0.2, 0.25) is 5.60 Å². The highest BCUT2D eigenvalue weighted by molar-refractivity contribution is 7.90. The number of carbonyl (C=O) groups is 3. The van der Waals surface area contributed by atoms with E-state index in [0.717, 1.165) is 22.3 Å². The van der Waals surface area contributed by atoms with Crippen molar-refractivity contribution in [1.82, 2.24) is 29.6 Å². The minimum Gasteiger partial charge on any atom is -0.478 e. The number of carboxylic acids is 1. The Labute approximate surface area is 229 Å². The maximum Gasteiger partial charge on any atom is 0.362 e. The van der Waals surface area contributed by atoms with E-state index in [9.17, 15) is 40.9 Å². The van der Waals surface area contributed by atoms with E-state index in [2.05, 4.69) is 25.7 Å². The van der Waals surface area contributed by atoms with Crippen LogP contribution in [-0.4, -0.2) is 104 Å². The van der Waals surface area contributed by atoms with E-state index in [1.807, 2.05) is 0 Å². The van der Waals surface area contributed by atoms with Gasteiger partial charge in [0.15, 0.2) is 20.7 Å². The summed E-state index contributed by atoms with van der Waals surface area (Å²) >= 11 is 0.937. The largest absolute Gasteiger partial charge is 0.478 e. The summed E-state index contributed by atoms with van der Waals surface area (Å²) in [4.78, 5) is 47.1. The molecule has 1 aliphatic carbocycles. The molecule has 22 heteroatoms. The fraction of sp³-hybridized carbons (Fsp3) is 0.500. The molecular weight excluding hydrogens is 598 g/mol. The lowest BCUT2D eigenvalue weighted by Gasteiger charge is -2.43. The third-order valence-corrected chi connectivity index (χ3v) is 9.04. The van der Waals surface area contributed by atoms with E-state index in [0.29, 0.717) is 0 Å². The lowest BCUT2D eigenvalue weighted by Crippen LogP contribution is -2.73. The van der Waals surface area contributed by atoms with Crippen molar-refractivity contribution >= 4 is 60.1 Å². The van der Waals surface area contributed by atoms with Gasteiger partial charge in [-0.25, -0.2) is 22.5 Å². The molecular formula is C18H23N9O10S3. The lowest BCUT2D eigenvalue weighted by atomic mass is 9.98. The Morgan fingerprint density at radius 1 is 1.30 bits per heavy atom. The molecule has 2 aromatic rings. The van der Waals surface area contributed by atoms with Gasteiger partial charge in [-0.15, -0.1) is 11.3 Å². The first kappa shape index (κ1) is 29.3. The number of nitrogens with zero attached hydrogens (tertiary/aromatic N) is 6. The lowest BCUT2D eigenvalue weighted by molar-refractivity contribution is -0.153. The minimum absolute atomic E-state index is 0.0122. The summed E-state index contributed by atoms with van der Waals surface area (Å²) in [6.07, 6.45) is 1.39. The van der Waals surface area contributed by atoms with E-state index in [1.54, 1.807) is 0 Å². The fourth-order valence-corrected chi connectivity index (χ4v) is 6.18. The van der Waals surface area contributed by atoms with Crippen LogP contribution in [0.2, 0.25) is 0 Å². The third-order valence-electron chi connectivity index (χ3n) is 5.82. The normalized spacial score (nSPS) is 20.6. The van der Waals surface area contributed by atoms with Crippen LogP contribution in [0.4, 0.5) is 5.13 Å². The van der Waals surface area contributed by atoms with Crippen LogP contribution in [0.15, 0.2) is 16.7 Å². The Hall–Kier alpha value is -3.73. The van der Waals surface area contributed by atoms with Gasteiger partial charge in [0.1, 0.15) is 17.8 Å². The molecule has 2 aromatic heterocycles. The number of amides is 2. The summed E-state index contributed by atoms with van der Waals surface area (Å²) in [5.41, 5.74) is 8.65. The minimum atomic E-state index is -5.08. The number of rotatable bonds is 13. The van der Waals surface area contributed by atoms with Gasteiger partial charge in [-0.05, 0) is 0 Å². The molecule has 2 amide bonds. The highest BCUT2D eigenvalue weighted by Crippen LogP contribution is 2.40. The SMILES string of the molecule is NCCS(=O)(=O)Cc1cnn(CC2[C@H](NC(=O)/C(=N\OC3(C(=O)O)CC3)c3csc(N)n3)C(=O)N2S(=O)(=O)O)n1. The summed E-state index contributed by atoms with van der Waals surface area (Å²) in [7, 11) is -8.66. The molecule has 7 N–H and O–H groups in total. The van der Waals surface area contributed by atoms with Crippen molar-refractivity contribution in [1.29, 1.82) is 0 Å². The maximum atomic E-state index is 13.1. The number of carbonyl (C=O) groups excluding carboxylic acids is 2. The van der Waals surface area contributed by atoms with Crippen molar-refractivity contribution in [2.24, 2.45) is 10.9 Å². The molecule has 1 aliphatic heterocycles. The van der Waals surface area contributed by atoms with Gasteiger partial charge in [0.25, 0.3) is 11.8 Å². The molecule has 218 valence electrons. The van der Waals surface area contributed by atoms with Crippen molar-refractivity contribution in [3.8, 4) is 0 Å². The average molecular weight is 622 g/mol. The van der Waals surface area contributed by atoms with E-state index in [-0.39, 0.29) is 46.0 Å². The number of sulfone groups is 1. The van der Waals surface area contributed by atoms with Crippen LogP contribution in [0.3, 0.4) is 0 Å². The van der Waals surface area contributed by atoms with E-state index in [1.165, 1.54) is 5.38 Å². The number of anilines is 1. The number of hydrogen-bond acceptors (Lipinski definition) is 15. The third kappa shape index (κ3) is 6.19. The molecule has 19 nitrogen and oxygen atoms in total. The predicted octanol–water partition coefficient (Wildman–Crippen LogP) is -3.27. The Morgan fingerprint density at radius 2 is 2.00 bits per heavy atom.